The molecule has 2 amide bonds. The molecule has 0 aliphatic carbocycles. The third-order valence-corrected chi connectivity index (χ3v) is 5.42. The average Bonchev–Trinajstić information content (AvgIpc) is 2.59. The van der Waals surface area contributed by atoms with Gasteiger partial charge in [-0.3, -0.25) is 4.90 Å². The number of amides is 2. The Hall–Kier alpha value is -2.46. The molecule has 0 saturated heterocycles. The minimum atomic E-state index is -4.19. The minimum Gasteiger partial charge on any atom is -0.481 e. The van der Waals surface area contributed by atoms with Crippen LogP contribution in [0.3, 0.4) is 0 Å². The van der Waals surface area contributed by atoms with E-state index in [1.807, 2.05) is 0 Å². The second-order valence-electron chi connectivity index (χ2n) is 4.96. The maximum atomic E-state index is 12.6. The van der Waals surface area contributed by atoms with Gasteiger partial charge in [-0.25, -0.2) is 27.5 Å². The highest BCUT2D eigenvalue weighted by molar-refractivity contribution is 7.89. The van der Waals surface area contributed by atoms with Gasteiger partial charge in [-0.05, 0) is 19.1 Å². The topological polar surface area (TPSA) is 106 Å². The Labute approximate surface area is 150 Å². The lowest BCUT2D eigenvalue weighted by molar-refractivity contribution is 0.235. The molecule has 2 aromatic heterocycles. The van der Waals surface area contributed by atoms with Gasteiger partial charge in [0.1, 0.15) is 10.0 Å². The van der Waals surface area contributed by atoms with Crippen molar-refractivity contribution in [2.24, 2.45) is 0 Å². The Morgan fingerprint density at radius 3 is 2.56 bits per heavy atom. The zero-order valence-electron chi connectivity index (χ0n) is 14.0. The van der Waals surface area contributed by atoms with E-state index in [0.29, 0.717) is 10.00 Å². The van der Waals surface area contributed by atoms with E-state index in [9.17, 15) is 13.2 Å². The molecule has 2 aromatic rings. The highest BCUT2D eigenvalue weighted by atomic mass is 35.5. The third kappa shape index (κ3) is 3.80. The smallest absolute Gasteiger partial charge is 0.340 e. The number of aryl methyl sites for hydroxylation is 1. The molecule has 2 rings (SSSR count). The monoisotopic (exact) mass is 385 g/mol. The Balaban J connectivity index is 2.36. The Bertz CT molecular complexity index is 906. The molecule has 9 nitrogen and oxygen atoms in total. The van der Waals surface area contributed by atoms with Crippen molar-refractivity contribution in [2.45, 2.75) is 11.8 Å². The van der Waals surface area contributed by atoms with Crippen molar-refractivity contribution in [3.63, 3.8) is 0 Å². The summed E-state index contributed by atoms with van der Waals surface area (Å²) in [6, 6.07) is 3.39. The first kappa shape index (κ1) is 18.9. The average molecular weight is 386 g/mol. The van der Waals surface area contributed by atoms with Gasteiger partial charge in [-0.2, -0.15) is 4.98 Å². The van der Waals surface area contributed by atoms with Crippen LogP contribution in [-0.4, -0.2) is 54.9 Å². The molecule has 0 aromatic carbocycles. The van der Waals surface area contributed by atoms with Crippen LogP contribution in [0.2, 0.25) is 5.15 Å². The van der Waals surface area contributed by atoms with Crippen molar-refractivity contribution in [3.8, 4) is 5.88 Å². The number of urea groups is 1. The summed E-state index contributed by atoms with van der Waals surface area (Å²) in [6.45, 7) is 1.70. The van der Waals surface area contributed by atoms with E-state index in [2.05, 4.69) is 15.0 Å². The van der Waals surface area contributed by atoms with Crippen LogP contribution in [0.25, 0.3) is 0 Å². The second kappa shape index (κ2) is 7.19. The molecule has 0 spiro atoms. The predicted molar refractivity (Wildman–Crippen MR) is 91.3 cm³/mol. The largest absolute Gasteiger partial charge is 0.481 e. The van der Waals surface area contributed by atoms with E-state index in [-0.39, 0.29) is 21.9 Å². The van der Waals surface area contributed by atoms with Gasteiger partial charge in [0.05, 0.1) is 7.11 Å². The number of pyridine rings is 1. The van der Waals surface area contributed by atoms with E-state index < -0.39 is 16.1 Å². The molecule has 0 bridgehead atoms. The first-order valence-electron chi connectivity index (χ1n) is 6.95. The van der Waals surface area contributed by atoms with E-state index in [1.54, 1.807) is 13.0 Å². The normalized spacial score (nSPS) is 11.1. The summed E-state index contributed by atoms with van der Waals surface area (Å²) < 4.78 is 30.8. The summed E-state index contributed by atoms with van der Waals surface area (Å²) in [6.07, 6.45) is 1.35. The van der Waals surface area contributed by atoms with Crippen molar-refractivity contribution in [2.75, 3.05) is 26.1 Å². The number of anilines is 1. The zero-order chi connectivity index (χ0) is 18.8. The first-order chi connectivity index (χ1) is 11.7. The van der Waals surface area contributed by atoms with E-state index in [4.69, 9.17) is 16.3 Å². The van der Waals surface area contributed by atoms with Gasteiger partial charge in [0.15, 0.2) is 0 Å². The molecular weight excluding hydrogens is 370 g/mol. The van der Waals surface area contributed by atoms with Crippen LogP contribution in [0.4, 0.5) is 10.7 Å². The fraction of sp³-hybridized carbons (Fsp3) is 0.286. The maximum absolute atomic E-state index is 12.6. The van der Waals surface area contributed by atoms with Gasteiger partial charge in [0.2, 0.25) is 11.8 Å². The molecule has 0 saturated carbocycles. The lowest BCUT2D eigenvalue weighted by Crippen LogP contribution is -2.43. The van der Waals surface area contributed by atoms with Crippen molar-refractivity contribution < 1.29 is 17.9 Å². The quantitative estimate of drug-likeness (QED) is 0.737. The predicted octanol–water partition coefficient (Wildman–Crippen LogP) is 1.72. The number of hydrogen-bond acceptors (Lipinski definition) is 7. The summed E-state index contributed by atoms with van der Waals surface area (Å²) >= 11 is 5.83. The third-order valence-electron chi connectivity index (χ3n) is 3.25. The fourth-order valence-electron chi connectivity index (χ4n) is 1.89. The number of aromatic nitrogens is 3. The Morgan fingerprint density at radius 1 is 1.28 bits per heavy atom. The van der Waals surface area contributed by atoms with Crippen molar-refractivity contribution in [1.29, 1.82) is 0 Å². The lowest BCUT2D eigenvalue weighted by atomic mass is 10.4. The molecule has 0 N–H and O–H groups in total. The Morgan fingerprint density at radius 2 is 1.96 bits per heavy atom. The molecule has 0 radical (unpaired) electrons. The maximum Gasteiger partial charge on any atom is 0.340 e. The van der Waals surface area contributed by atoms with Crippen LogP contribution in [0, 0.1) is 6.92 Å². The minimum absolute atomic E-state index is 0.00110. The number of carbonyl (C=O) groups excluding carboxylic acids is 1. The van der Waals surface area contributed by atoms with Gasteiger partial charge >= 0.3 is 6.03 Å². The van der Waals surface area contributed by atoms with Gasteiger partial charge in [-0.1, -0.05) is 11.6 Å². The van der Waals surface area contributed by atoms with E-state index in [0.717, 1.165) is 11.9 Å². The van der Waals surface area contributed by atoms with Crippen LogP contribution < -0.4 is 9.64 Å². The second-order valence-corrected chi connectivity index (χ2v) is 7.25. The molecule has 2 heterocycles. The summed E-state index contributed by atoms with van der Waals surface area (Å²) in [5, 5.41) is -0.224. The first-order valence-corrected chi connectivity index (χ1v) is 8.77. The number of methoxy groups -OCH3 is 1. The van der Waals surface area contributed by atoms with Crippen LogP contribution >= 0.6 is 11.6 Å². The standard InChI is InChI=1S/C14H16ClN5O4S/c1-9-8-11(24-4)18-13(17-9)19(2)14(21)20(3)25(22,23)10-6-5-7-16-12(10)15/h5-8H,1-4H3. The van der Waals surface area contributed by atoms with Gasteiger partial charge < -0.3 is 4.74 Å². The van der Waals surface area contributed by atoms with Crippen LogP contribution in [0.5, 0.6) is 5.88 Å². The van der Waals surface area contributed by atoms with Crippen molar-refractivity contribution in [1.82, 2.24) is 19.3 Å². The number of halogens is 1. The van der Waals surface area contributed by atoms with Crippen LogP contribution in [0.15, 0.2) is 29.3 Å². The molecule has 0 unspecified atom stereocenters. The molecule has 25 heavy (non-hydrogen) atoms. The van der Waals surface area contributed by atoms with Crippen molar-refractivity contribution >= 4 is 33.6 Å². The van der Waals surface area contributed by atoms with Gasteiger partial charge in [0.25, 0.3) is 10.0 Å². The fourth-order valence-corrected chi connectivity index (χ4v) is 3.44. The molecule has 11 heteroatoms. The Kier molecular flexibility index (Phi) is 5.43. The van der Waals surface area contributed by atoms with Crippen LogP contribution in [-0.2, 0) is 10.0 Å². The number of carbonyl (C=O) groups is 1. The number of sulfonamides is 1. The molecule has 0 fully saturated rings. The molecule has 0 aliphatic rings. The lowest BCUT2D eigenvalue weighted by Gasteiger charge is -2.23. The number of nitrogens with zero attached hydrogens (tertiary/aromatic N) is 5. The summed E-state index contributed by atoms with van der Waals surface area (Å²) in [4.78, 5) is 25.2. The molecule has 134 valence electrons. The molecular formula is C14H16ClN5O4S. The van der Waals surface area contributed by atoms with Crippen LogP contribution in [0.1, 0.15) is 5.69 Å². The van der Waals surface area contributed by atoms with Gasteiger partial charge in [0, 0.05) is 32.1 Å². The summed E-state index contributed by atoms with van der Waals surface area (Å²) in [7, 11) is -0.292. The molecule has 0 aliphatic heterocycles. The van der Waals surface area contributed by atoms with E-state index in [1.165, 1.54) is 32.5 Å². The molecule has 0 atom stereocenters. The van der Waals surface area contributed by atoms with Gasteiger partial charge in [-0.15, -0.1) is 0 Å². The van der Waals surface area contributed by atoms with E-state index >= 15 is 0 Å². The van der Waals surface area contributed by atoms with Crippen molar-refractivity contribution in [3.05, 3.63) is 35.2 Å². The number of hydrogen-bond donors (Lipinski definition) is 0. The summed E-state index contributed by atoms with van der Waals surface area (Å²) in [5.41, 5.74) is 0.558. The zero-order valence-corrected chi connectivity index (χ0v) is 15.5. The summed E-state index contributed by atoms with van der Waals surface area (Å²) in [5.74, 6) is 0.254. The number of ether oxygens (including phenoxy) is 1. The highest BCUT2D eigenvalue weighted by Gasteiger charge is 2.31. The number of rotatable bonds is 4. The highest BCUT2D eigenvalue weighted by Crippen LogP contribution is 2.23. The SMILES string of the molecule is COc1cc(C)nc(N(C)C(=O)N(C)S(=O)(=O)c2cccnc2Cl)n1.